The quantitative estimate of drug-likeness (QED) is 0.504. The number of ether oxygens (including phenoxy) is 1. The molecule has 1 unspecified atom stereocenters. The Morgan fingerprint density at radius 2 is 1.62 bits per heavy atom. The van der Waals surface area contributed by atoms with E-state index < -0.39 is 5.97 Å². The summed E-state index contributed by atoms with van der Waals surface area (Å²) in [7, 11) is 0. The first-order valence-electron chi connectivity index (χ1n) is 11.7. The summed E-state index contributed by atoms with van der Waals surface area (Å²) in [6.07, 6.45) is 2.47. The zero-order valence-electron chi connectivity index (χ0n) is 20.0. The average molecular weight is 458 g/mol. The van der Waals surface area contributed by atoms with Gasteiger partial charge in [-0.3, -0.25) is 9.59 Å². The van der Waals surface area contributed by atoms with Crippen molar-refractivity contribution in [3.05, 3.63) is 100 Å². The van der Waals surface area contributed by atoms with E-state index in [-0.39, 0.29) is 24.6 Å². The van der Waals surface area contributed by atoms with Gasteiger partial charge in [-0.1, -0.05) is 61.0 Å². The fourth-order valence-electron chi connectivity index (χ4n) is 4.54. The summed E-state index contributed by atoms with van der Waals surface area (Å²) in [6.45, 7) is 6.11. The largest absolute Gasteiger partial charge is 0.487 e. The number of fused-ring (bicyclic) bond motifs is 1. The van der Waals surface area contributed by atoms with Gasteiger partial charge in [0.1, 0.15) is 17.9 Å². The van der Waals surface area contributed by atoms with Crippen molar-refractivity contribution in [1.82, 2.24) is 4.90 Å². The van der Waals surface area contributed by atoms with Crippen LogP contribution in [0.2, 0.25) is 0 Å². The zero-order chi connectivity index (χ0) is 24.3. The van der Waals surface area contributed by atoms with Gasteiger partial charge in [0.15, 0.2) is 0 Å². The lowest BCUT2D eigenvalue weighted by molar-refractivity contribution is -0.137. The Morgan fingerprint density at radius 3 is 2.26 bits per heavy atom. The fraction of sp³-hybridized carbons (Fsp3) is 0.310. The lowest BCUT2D eigenvalue weighted by atomic mass is 9.91. The second-order valence-electron chi connectivity index (χ2n) is 9.44. The summed E-state index contributed by atoms with van der Waals surface area (Å²) in [5, 5.41) is 9.38. The fourth-order valence-corrected chi connectivity index (χ4v) is 4.54. The first-order chi connectivity index (χ1) is 16.2. The molecular formula is C29H31NO4. The third-order valence-electron chi connectivity index (χ3n) is 6.34. The van der Waals surface area contributed by atoms with E-state index in [1.54, 1.807) is 6.07 Å². The van der Waals surface area contributed by atoms with E-state index in [1.807, 2.05) is 43.3 Å². The van der Waals surface area contributed by atoms with E-state index in [0.717, 1.165) is 35.3 Å². The molecule has 0 radical (unpaired) electrons. The number of carbonyl (C=O) groups is 2. The normalized spacial score (nSPS) is 16.6. The molecule has 4 rings (SSSR count). The topological polar surface area (TPSA) is 66.8 Å². The number of aryl methyl sites for hydroxylation is 2. The second-order valence-corrected chi connectivity index (χ2v) is 9.44. The first-order valence-corrected chi connectivity index (χ1v) is 11.7. The van der Waals surface area contributed by atoms with Crippen LogP contribution in [-0.4, -0.2) is 34.0 Å². The van der Waals surface area contributed by atoms with E-state index in [0.29, 0.717) is 12.0 Å². The number of nitrogens with zero attached hydrogens (tertiary/aromatic N) is 1. The summed E-state index contributed by atoms with van der Waals surface area (Å²) in [4.78, 5) is 26.1. The maximum absolute atomic E-state index is 13.3. The highest BCUT2D eigenvalue weighted by Crippen LogP contribution is 2.37. The summed E-state index contributed by atoms with van der Waals surface area (Å²) < 4.78 is 6.30. The Hall–Kier alpha value is -3.60. The molecule has 1 atom stereocenters. The highest BCUT2D eigenvalue weighted by Gasteiger charge is 2.35. The molecule has 0 aliphatic carbocycles. The van der Waals surface area contributed by atoms with Crippen LogP contribution in [0.1, 0.15) is 52.0 Å². The first kappa shape index (κ1) is 23.6. The number of amides is 1. The van der Waals surface area contributed by atoms with Crippen molar-refractivity contribution in [1.29, 1.82) is 0 Å². The molecule has 1 heterocycles. The summed E-state index contributed by atoms with van der Waals surface area (Å²) in [5.41, 5.74) is 5.60. The van der Waals surface area contributed by atoms with Gasteiger partial charge >= 0.3 is 5.97 Å². The summed E-state index contributed by atoms with van der Waals surface area (Å²) in [5.74, 6) is -0.547. The number of rotatable bonds is 8. The van der Waals surface area contributed by atoms with Gasteiger partial charge in [0, 0.05) is 24.9 Å². The molecule has 176 valence electrons. The highest BCUT2D eigenvalue weighted by molar-refractivity contribution is 5.96. The molecule has 0 bridgehead atoms. The molecule has 5 heteroatoms. The SMILES string of the molecule is CCc1ccc(CC2(C)Cc3cc(C(=O)N(CC(=O)O)Cc4ccc(C)cc4)ccc3O2)cc1. The van der Waals surface area contributed by atoms with Crippen molar-refractivity contribution < 1.29 is 19.4 Å². The van der Waals surface area contributed by atoms with E-state index in [9.17, 15) is 14.7 Å². The molecule has 1 N–H and O–H groups in total. The van der Waals surface area contributed by atoms with E-state index in [2.05, 4.69) is 38.1 Å². The van der Waals surface area contributed by atoms with Crippen molar-refractivity contribution in [3.63, 3.8) is 0 Å². The molecule has 3 aromatic rings. The lowest BCUT2D eigenvalue weighted by Crippen LogP contribution is -2.35. The Bertz CT molecular complexity index is 1180. The van der Waals surface area contributed by atoms with Crippen molar-refractivity contribution in [3.8, 4) is 5.75 Å². The van der Waals surface area contributed by atoms with Crippen molar-refractivity contribution in [2.45, 2.75) is 52.2 Å². The second kappa shape index (κ2) is 9.72. The number of aliphatic carboxylic acids is 1. The van der Waals surface area contributed by atoms with Gasteiger partial charge in [-0.05, 0) is 60.7 Å². The van der Waals surface area contributed by atoms with Crippen LogP contribution in [0.4, 0.5) is 0 Å². The summed E-state index contributed by atoms with van der Waals surface area (Å²) >= 11 is 0. The molecule has 1 amide bonds. The summed E-state index contributed by atoms with van der Waals surface area (Å²) in [6, 6.07) is 21.8. The molecule has 0 fully saturated rings. The maximum atomic E-state index is 13.3. The molecule has 0 spiro atoms. The Balaban J connectivity index is 1.51. The van der Waals surface area contributed by atoms with Crippen LogP contribution in [0.25, 0.3) is 0 Å². The van der Waals surface area contributed by atoms with Crippen LogP contribution in [0, 0.1) is 6.92 Å². The van der Waals surface area contributed by atoms with Gasteiger partial charge in [-0.15, -0.1) is 0 Å². The highest BCUT2D eigenvalue weighted by atomic mass is 16.5. The number of benzene rings is 3. The number of hydrogen-bond donors (Lipinski definition) is 1. The van der Waals surface area contributed by atoms with Crippen LogP contribution in [0.3, 0.4) is 0 Å². The lowest BCUT2D eigenvalue weighted by Gasteiger charge is -2.24. The van der Waals surface area contributed by atoms with E-state index in [1.165, 1.54) is 16.0 Å². The Labute approximate surface area is 201 Å². The molecule has 1 aliphatic rings. The average Bonchev–Trinajstić information content (AvgIpc) is 3.14. The molecule has 1 aliphatic heterocycles. The molecule has 5 nitrogen and oxygen atoms in total. The van der Waals surface area contributed by atoms with Crippen LogP contribution < -0.4 is 4.74 Å². The Morgan fingerprint density at radius 1 is 0.971 bits per heavy atom. The zero-order valence-corrected chi connectivity index (χ0v) is 20.0. The van der Waals surface area contributed by atoms with Gasteiger partial charge in [0.05, 0.1) is 0 Å². The number of carbonyl (C=O) groups excluding carboxylic acids is 1. The number of hydrogen-bond acceptors (Lipinski definition) is 3. The minimum absolute atomic E-state index is 0.241. The minimum atomic E-state index is -1.04. The molecule has 3 aromatic carbocycles. The van der Waals surface area contributed by atoms with Crippen LogP contribution in [-0.2, 0) is 30.6 Å². The van der Waals surface area contributed by atoms with E-state index >= 15 is 0 Å². The molecule has 34 heavy (non-hydrogen) atoms. The van der Waals surface area contributed by atoms with Gasteiger partial charge in [0.2, 0.25) is 0 Å². The monoisotopic (exact) mass is 457 g/mol. The van der Waals surface area contributed by atoms with Gasteiger partial charge < -0.3 is 14.7 Å². The Kier molecular flexibility index (Phi) is 6.73. The number of carboxylic acids is 1. The van der Waals surface area contributed by atoms with Gasteiger partial charge in [-0.2, -0.15) is 0 Å². The predicted molar refractivity (Wildman–Crippen MR) is 132 cm³/mol. The van der Waals surface area contributed by atoms with Crippen LogP contribution in [0.5, 0.6) is 5.75 Å². The van der Waals surface area contributed by atoms with Crippen LogP contribution >= 0.6 is 0 Å². The van der Waals surface area contributed by atoms with E-state index in [4.69, 9.17) is 4.74 Å². The third-order valence-corrected chi connectivity index (χ3v) is 6.34. The van der Waals surface area contributed by atoms with Gasteiger partial charge in [0.25, 0.3) is 5.91 Å². The van der Waals surface area contributed by atoms with Crippen molar-refractivity contribution >= 4 is 11.9 Å². The van der Waals surface area contributed by atoms with Gasteiger partial charge in [-0.25, -0.2) is 0 Å². The molecule has 0 aromatic heterocycles. The number of carboxylic acid groups (broad SMARTS) is 1. The standard InChI is InChI=1S/C29H31NO4/c1-4-21-9-11-22(12-10-21)16-29(3)17-25-15-24(13-14-26(25)34-29)28(33)30(19-27(31)32)18-23-7-5-20(2)6-8-23/h5-15H,4,16-19H2,1-3H3,(H,31,32). The molecule has 0 saturated heterocycles. The molecular weight excluding hydrogens is 426 g/mol. The van der Waals surface area contributed by atoms with Crippen molar-refractivity contribution in [2.75, 3.05) is 6.54 Å². The smallest absolute Gasteiger partial charge is 0.323 e. The van der Waals surface area contributed by atoms with Crippen molar-refractivity contribution in [2.24, 2.45) is 0 Å². The predicted octanol–water partition coefficient (Wildman–Crippen LogP) is 5.22. The van der Waals surface area contributed by atoms with Crippen LogP contribution in [0.15, 0.2) is 66.7 Å². The molecule has 0 saturated carbocycles. The minimum Gasteiger partial charge on any atom is -0.487 e. The maximum Gasteiger partial charge on any atom is 0.323 e. The third kappa shape index (κ3) is 5.48.